The molecule has 0 N–H and O–H groups in total. The lowest BCUT2D eigenvalue weighted by Crippen LogP contribution is -2.44. The zero-order chi connectivity index (χ0) is 24.1. The van der Waals surface area contributed by atoms with Crippen LogP contribution in [-0.2, 0) is 13.0 Å². The average Bonchev–Trinajstić information content (AvgIpc) is 3.18. The minimum absolute atomic E-state index is 0.132. The lowest BCUT2D eigenvalue weighted by atomic mass is 9.94. The van der Waals surface area contributed by atoms with Gasteiger partial charge in [-0.05, 0) is 87.4 Å². The Bertz CT molecular complexity index is 1140. The van der Waals surface area contributed by atoms with Gasteiger partial charge in [-0.2, -0.15) is 5.10 Å². The van der Waals surface area contributed by atoms with Crippen LogP contribution in [0.2, 0.25) is 0 Å². The van der Waals surface area contributed by atoms with Crippen LogP contribution in [0.1, 0.15) is 58.6 Å². The van der Waals surface area contributed by atoms with Gasteiger partial charge >= 0.3 is 0 Å². The van der Waals surface area contributed by atoms with Crippen LogP contribution in [0.3, 0.4) is 0 Å². The summed E-state index contributed by atoms with van der Waals surface area (Å²) in [7, 11) is 3.31. The second-order valence-electron chi connectivity index (χ2n) is 9.16. The fraction of sp³-hybridized carbons (Fsp3) is 0.429. The van der Waals surface area contributed by atoms with Gasteiger partial charge in [0.15, 0.2) is 11.5 Å². The van der Waals surface area contributed by atoms with Gasteiger partial charge < -0.3 is 14.4 Å². The van der Waals surface area contributed by atoms with Crippen molar-refractivity contribution in [3.8, 4) is 11.5 Å². The van der Waals surface area contributed by atoms with Gasteiger partial charge in [0, 0.05) is 23.8 Å². The largest absolute Gasteiger partial charge is 0.493 e. The lowest BCUT2D eigenvalue weighted by Gasteiger charge is -2.36. The molecule has 2 heterocycles. The Hall–Kier alpha value is -3.28. The van der Waals surface area contributed by atoms with Crippen molar-refractivity contribution in [2.75, 3.05) is 20.8 Å². The zero-order valence-corrected chi connectivity index (χ0v) is 20.7. The number of nitrogens with zero attached hydrogens (tertiary/aromatic N) is 3. The minimum atomic E-state index is 0.132. The lowest BCUT2D eigenvalue weighted by molar-refractivity contribution is 0.0602. The van der Waals surface area contributed by atoms with E-state index in [1.807, 2.05) is 41.9 Å². The summed E-state index contributed by atoms with van der Waals surface area (Å²) >= 11 is 0. The molecular weight excluding hydrogens is 426 g/mol. The highest BCUT2D eigenvalue weighted by Gasteiger charge is 2.27. The molecule has 1 atom stereocenters. The molecule has 0 bridgehead atoms. The highest BCUT2D eigenvalue weighted by Crippen LogP contribution is 2.29. The van der Waals surface area contributed by atoms with E-state index in [0.717, 1.165) is 66.2 Å². The Labute approximate surface area is 202 Å². The number of methoxy groups -OCH3 is 2. The zero-order valence-electron chi connectivity index (χ0n) is 20.7. The molecule has 4 rings (SSSR count). The SMILES string of the molecule is COc1ccc(CCC2CCCCN2C(=O)c2cccc(Cn3nc(C)cc3C)c2)cc1OC. The Morgan fingerprint density at radius 1 is 1.00 bits per heavy atom. The molecule has 1 amide bonds. The molecular formula is C28H35N3O3. The van der Waals surface area contributed by atoms with E-state index in [-0.39, 0.29) is 11.9 Å². The quantitative estimate of drug-likeness (QED) is 0.463. The molecule has 0 spiro atoms. The summed E-state index contributed by atoms with van der Waals surface area (Å²) in [6.45, 7) is 5.55. The van der Waals surface area contributed by atoms with E-state index in [4.69, 9.17) is 9.47 Å². The molecule has 1 saturated heterocycles. The molecule has 3 aromatic rings. The van der Waals surface area contributed by atoms with E-state index in [2.05, 4.69) is 35.1 Å². The minimum Gasteiger partial charge on any atom is -0.493 e. The molecule has 1 fully saturated rings. The standard InChI is InChI=1S/C28H35N3O3/c1-20-16-21(2)31(29-20)19-23-8-7-9-24(17-23)28(32)30-15-6-5-10-25(30)13-11-22-12-14-26(33-3)27(18-22)34-4/h7-9,12,14,16-18,25H,5-6,10-11,13,15,19H2,1-4H3. The summed E-state index contributed by atoms with van der Waals surface area (Å²) in [6, 6.07) is 16.4. The molecule has 0 radical (unpaired) electrons. The van der Waals surface area contributed by atoms with Crippen molar-refractivity contribution < 1.29 is 14.3 Å². The fourth-order valence-corrected chi connectivity index (χ4v) is 4.91. The van der Waals surface area contributed by atoms with Crippen molar-refractivity contribution in [1.82, 2.24) is 14.7 Å². The normalized spacial score (nSPS) is 15.9. The first-order valence-corrected chi connectivity index (χ1v) is 12.1. The van der Waals surface area contributed by atoms with Crippen LogP contribution in [-0.4, -0.2) is 47.4 Å². The Morgan fingerprint density at radius 2 is 1.82 bits per heavy atom. The summed E-state index contributed by atoms with van der Waals surface area (Å²) in [4.78, 5) is 15.6. The van der Waals surface area contributed by atoms with Gasteiger partial charge in [-0.15, -0.1) is 0 Å². The van der Waals surface area contributed by atoms with Crippen LogP contribution in [0.5, 0.6) is 11.5 Å². The average molecular weight is 462 g/mol. The molecule has 0 aliphatic carbocycles. The van der Waals surface area contributed by atoms with E-state index in [9.17, 15) is 4.79 Å². The number of carbonyl (C=O) groups is 1. The Kier molecular flexibility index (Phi) is 7.56. The summed E-state index contributed by atoms with van der Waals surface area (Å²) in [6.07, 6.45) is 5.10. The van der Waals surface area contributed by atoms with Crippen molar-refractivity contribution >= 4 is 5.91 Å². The first-order valence-electron chi connectivity index (χ1n) is 12.1. The molecule has 1 unspecified atom stereocenters. The molecule has 1 aliphatic heterocycles. The number of hydrogen-bond donors (Lipinski definition) is 0. The monoisotopic (exact) mass is 461 g/mol. The van der Waals surface area contributed by atoms with Crippen molar-refractivity contribution in [2.45, 2.75) is 58.5 Å². The van der Waals surface area contributed by atoms with E-state index in [0.29, 0.717) is 6.54 Å². The highest BCUT2D eigenvalue weighted by molar-refractivity contribution is 5.94. The van der Waals surface area contributed by atoms with Crippen molar-refractivity contribution in [1.29, 1.82) is 0 Å². The molecule has 2 aromatic carbocycles. The predicted molar refractivity (Wildman–Crippen MR) is 134 cm³/mol. The Morgan fingerprint density at radius 3 is 2.56 bits per heavy atom. The van der Waals surface area contributed by atoms with Gasteiger partial charge in [-0.3, -0.25) is 9.48 Å². The number of piperidine rings is 1. The van der Waals surface area contributed by atoms with Gasteiger partial charge in [0.2, 0.25) is 0 Å². The maximum absolute atomic E-state index is 13.5. The van der Waals surface area contributed by atoms with Gasteiger partial charge in [0.1, 0.15) is 0 Å². The van der Waals surface area contributed by atoms with Crippen LogP contribution >= 0.6 is 0 Å². The number of likely N-dealkylation sites (tertiary alicyclic amines) is 1. The van der Waals surface area contributed by atoms with Crippen LogP contribution in [0.15, 0.2) is 48.5 Å². The van der Waals surface area contributed by atoms with E-state index >= 15 is 0 Å². The maximum atomic E-state index is 13.5. The summed E-state index contributed by atoms with van der Waals surface area (Å²) < 4.78 is 12.8. The highest BCUT2D eigenvalue weighted by atomic mass is 16.5. The van der Waals surface area contributed by atoms with E-state index in [1.165, 1.54) is 12.0 Å². The molecule has 1 aliphatic rings. The predicted octanol–water partition coefficient (Wildman–Crippen LogP) is 5.19. The van der Waals surface area contributed by atoms with Crippen molar-refractivity contribution in [2.24, 2.45) is 0 Å². The molecule has 6 nitrogen and oxygen atoms in total. The first-order chi connectivity index (χ1) is 16.5. The van der Waals surface area contributed by atoms with Gasteiger partial charge in [0.05, 0.1) is 26.5 Å². The smallest absolute Gasteiger partial charge is 0.254 e. The summed E-state index contributed by atoms with van der Waals surface area (Å²) in [5, 5.41) is 4.56. The van der Waals surface area contributed by atoms with E-state index in [1.54, 1.807) is 14.2 Å². The Balaban J connectivity index is 1.46. The van der Waals surface area contributed by atoms with Gasteiger partial charge in [-0.1, -0.05) is 18.2 Å². The van der Waals surface area contributed by atoms with Crippen molar-refractivity contribution in [3.05, 3.63) is 76.6 Å². The fourth-order valence-electron chi connectivity index (χ4n) is 4.91. The third-order valence-corrected chi connectivity index (χ3v) is 6.71. The number of hydrogen-bond acceptors (Lipinski definition) is 4. The number of carbonyl (C=O) groups excluding carboxylic acids is 1. The number of aromatic nitrogens is 2. The van der Waals surface area contributed by atoms with Crippen LogP contribution < -0.4 is 9.47 Å². The molecule has 0 saturated carbocycles. The van der Waals surface area contributed by atoms with E-state index < -0.39 is 0 Å². The number of rotatable bonds is 8. The topological polar surface area (TPSA) is 56.6 Å². The molecule has 34 heavy (non-hydrogen) atoms. The molecule has 1 aromatic heterocycles. The number of amides is 1. The first kappa shape index (κ1) is 23.9. The number of aryl methyl sites for hydroxylation is 3. The molecule has 180 valence electrons. The van der Waals surface area contributed by atoms with Gasteiger partial charge in [-0.25, -0.2) is 0 Å². The second-order valence-corrected chi connectivity index (χ2v) is 9.16. The second kappa shape index (κ2) is 10.8. The summed E-state index contributed by atoms with van der Waals surface area (Å²) in [5.41, 5.74) is 5.19. The van der Waals surface area contributed by atoms with Crippen molar-refractivity contribution in [3.63, 3.8) is 0 Å². The van der Waals surface area contributed by atoms with Crippen LogP contribution in [0.4, 0.5) is 0 Å². The number of ether oxygens (including phenoxy) is 2. The molecule has 6 heteroatoms. The third kappa shape index (κ3) is 5.44. The maximum Gasteiger partial charge on any atom is 0.254 e. The van der Waals surface area contributed by atoms with Crippen LogP contribution in [0.25, 0.3) is 0 Å². The van der Waals surface area contributed by atoms with Crippen LogP contribution in [0, 0.1) is 13.8 Å². The third-order valence-electron chi connectivity index (χ3n) is 6.71. The number of benzene rings is 2. The summed E-state index contributed by atoms with van der Waals surface area (Å²) in [5.74, 6) is 1.62. The van der Waals surface area contributed by atoms with Gasteiger partial charge in [0.25, 0.3) is 5.91 Å².